The smallest absolute Gasteiger partial charge is 0.341 e. The second-order valence-electron chi connectivity index (χ2n) is 7.59. The van der Waals surface area contributed by atoms with Gasteiger partial charge in [0.2, 0.25) is 15.5 Å². The molecule has 1 heterocycles. The Morgan fingerprint density at radius 1 is 1.30 bits per heavy atom. The lowest BCUT2D eigenvalue weighted by molar-refractivity contribution is 0.0694. The molecule has 1 aliphatic rings. The lowest BCUT2D eigenvalue weighted by atomic mass is 10.00. The van der Waals surface area contributed by atoms with Crippen LogP contribution >= 0.6 is 11.6 Å². The molecule has 1 fully saturated rings. The van der Waals surface area contributed by atoms with Crippen molar-refractivity contribution in [1.29, 1.82) is 0 Å². The van der Waals surface area contributed by atoms with Crippen LogP contribution in [-0.4, -0.2) is 43.6 Å². The zero-order chi connectivity index (χ0) is 23.9. The third-order valence-electron chi connectivity index (χ3n) is 5.44. The number of ether oxygens (including phenoxy) is 1. The number of hydrogen-bond donors (Lipinski definition) is 2. The summed E-state index contributed by atoms with van der Waals surface area (Å²) in [5.41, 5.74) is -0.571. The summed E-state index contributed by atoms with van der Waals surface area (Å²) in [5, 5.41) is 9.33. The fraction of sp³-hybridized carbons (Fsp3) is 0.273. The van der Waals surface area contributed by atoms with Crippen molar-refractivity contribution in [2.24, 2.45) is 0 Å². The van der Waals surface area contributed by atoms with Crippen molar-refractivity contribution >= 4 is 38.5 Å². The van der Waals surface area contributed by atoms with Crippen molar-refractivity contribution in [3.8, 4) is 16.9 Å². The van der Waals surface area contributed by atoms with Crippen LogP contribution in [0.3, 0.4) is 0 Å². The lowest BCUT2D eigenvalue weighted by Gasteiger charge is -2.18. The van der Waals surface area contributed by atoms with Gasteiger partial charge in [0.15, 0.2) is 5.75 Å². The SMILES string of the molecule is COc1c(-c2ccc(S(=O)(=O)NCCCl)cc2)c(F)cc2c(=O)c(C(=O)O)cn(C3CC3)c12. The highest BCUT2D eigenvalue weighted by Crippen LogP contribution is 2.43. The molecule has 2 aromatic carbocycles. The molecular formula is C22H20ClFN2O6S. The van der Waals surface area contributed by atoms with E-state index in [4.69, 9.17) is 16.3 Å². The van der Waals surface area contributed by atoms with Gasteiger partial charge in [-0.15, -0.1) is 11.6 Å². The number of fused-ring (bicyclic) bond motifs is 1. The molecule has 33 heavy (non-hydrogen) atoms. The number of nitrogens with zero attached hydrogens (tertiary/aromatic N) is 1. The number of hydrogen-bond acceptors (Lipinski definition) is 5. The number of carbonyl (C=O) groups is 1. The lowest BCUT2D eigenvalue weighted by Crippen LogP contribution is -2.25. The van der Waals surface area contributed by atoms with E-state index in [-0.39, 0.29) is 40.1 Å². The molecule has 174 valence electrons. The summed E-state index contributed by atoms with van der Waals surface area (Å²) in [5.74, 6) is -2.00. The van der Waals surface area contributed by atoms with Crippen molar-refractivity contribution in [2.75, 3.05) is 19.5 Å². The minimum Gasteiger partial charge on any atom is -0.494 e. The van der Waals surface area contributed by atoms with E-state index in [1.807, 2.05) is 0 Å². The zero-order valence-electron chi connectivity index (χ0n) is 17.5. The first kappa shape index (κ1) is 23.2. The maximum absolute atomic E-state index is 15.3. The third kappa shape index (κ3) is 4.21. The summed E-state index contributed by atoms with van der Waals surface area (Å²) in [6, 6.07) is 6.51. The van der Waals surface area contributed by atoms with Crippen molar-refractivity contribution in [2.45, 2.75) is 23.8 Å². The Hall–Kier alpha value is -2.95. The Labute approximate surface area is 193 Å². The predicted molar refractivity (Wildman–Crippen MR) is 121 cm³/mol. The standard InChI is InChI=1S/C22H20ClFN2O6S/c1-32-21-18(12-2-6-14(7-3-12)33(30,31)25-9-8-23)17(24)10-15-19(21)26(13-4-5-13)11-16(20(15)27)22(28)29/h2-3,6-7,10-11,13,25H,4-5,8-9H2,1H3,(H,28,29). The van der Waals surface area contributed by atoms with Crippen molar-refractivity contribution in [3.05, 3.63) is 58.1 Å². The number of nitrogens with one attached hydrogen (secondary N) is 1. The Kier molecular flexibility index (Phi) is 6.17. The zero-order valence-corrected chi connectivity index (χ0v) is 19.0. The third-order valence-corrected chi connectivity index (χ3v) is 7.10. The van der Waals surface area contributed by atoms with Gasteiger partial charge in [-0.2, -0.15) is 0 Å². The van der Waals surface area contributed by atoms with E-state index in [1.54, 1.807) is 4.57 Å². The molecule has 1 aliphatic carbocycles. The summed E-state index contributed by atoms with van der Waals surface area (Å²) in [6.07, 6.45) is 2.84. The van der Waals surface area contributed by atoms with Crippen LogP contribution in [0, 0.1) is 5.82 Å². The van der Waals surface area contributed by atoms with Gasteiger partial charge in [-0.1, -0.05) is 12.1 Å². The fourth-order valence-corrected chi connectivity index (χ4v) is 5.01. The van der Waals surface area contributed by atoms with E-state index in [1.165, 1.54) is 37.6 Å². The highest BCUT2D eigenvalue weighted by atomic mass is 35.5. The number of benzene rings is 2. The number of aromatic carboxylic acids is 1. The quantitative estimate of drug-likeness (QED) is 0.464. The van der Waals surface area contributed by atoms with E-state index in [2.05, 4.69) is 4.72 Å². The van der Waals surface area contributed by atoms with E-state index >= 15 is 4.39 Å². The monoisotopic (exact) mass is 494 g/mol. The van der Waals surface area contributed by atoms with Crippen LogP contribution in [-0.2, 0) is 10.0 Å². The number of rotatable bonds is 8. The number of carboxylic acids is 1. The van der Waals surface area contributed by atoms with Crippen LogP contribution in [0.2, 0.25) is 0 Å². The van der Waals surface area contributed by atoms with Gasteiger partial charge in [0.05, 0.1) is 28.5 Å². The molecule has 11 heteroatoms. The molecular weight excluding hydrogens is 475 g/mol. The van der Waals surface area contributed by atoms with Gasteiger partial charge >= 0.3 is 5.97 Å². The van der Waals surface area contributed by atoms with Gasteiger partial charge in [0.25, 0.3) is 0 Å². The number of aromatic nitrogens is 1. The Balaban J connectivity index is 1.93. The number of halogens is 2. The van der Waals surface area contributed by atoms with E-state index < -0.39 is 32.8 Å². The minimum atomic E-state index is -3.77. The molecule has 1 aromatic heterocycles. The maximum Gasteiger partial charge on any atom is 0.341 e. The average Bonchev–Trinajstić information content (AvgIpc) is 3.62. The first-order valence-electron chi connectivity index (χ1n) is 10.0. The molecule has 0 radical (unpaired) electrons. The molecule has 0 unspecified atom stereocenters. The number of sulfonamides is 1. The van der Waals surface area contributed by atoms with Crippen molar-refractivity contribution in [1.82, 2.24) is 9.29 Å². The molecule has 8 nitrogen and oxygen atoms in total. The summed E-state index contributed by atoms with van der Waals surface area (Å²) >= 11 is 5.54. The molecule has 0 spiro atoms. The van der Waals surface area contributed by atoms with Crippen LogP contribution < -0.4 is 14.9 Å². The first-order chi connectivity index (χ1) is 15.7. The molecule has 0 saturated heterocycles. The Morgan fingerprint density at radius 2 is 1.97 bits per heavy atom. The topological polar surface area (TPSA) is 115 Å². The van der Waals surface area contributed by atoms with Gasteiger partial charge in [-0.3, -0.25) is 4.79 Å². The van der Waals surface area contributed by atoms with Crippen molar-refractivity contribution < 1.29 is 27.4 Å². The Morgan fingerprint density at radius 3 is 2.52 bits per heavy atom. The van der Waals surface area contributed by atoms with Crippen LogP contribution in [0.4, 0.5) is 4.39 Å². The molecule has 4 rings (SSSR count). The molecule has 3 aromatic rings. The average molecular weight is 495 g/mol. The predicted octanol–water partition coefficient (Wildman–Crippen LogP) is 3.37. The summed E-state index contributed by atoms with van der Waals surface area (Å²) in [7, 11) is -2.44. The number of pyridine rings is 1. The molecule has 0 bridgehead atoms. The normalized spacial score (nSPS) is 13.9. The highest BCUT2D eigenvalue weighted by molar-refractivity contribution is 7.89. The number of carboxylic acid groups (broad SMARTS) is 1. The van der Waals surface area contributed by atoms with Crippen molar-refractivity contribution in [3.63, 3.8) is 0 Å². The van der Waals surface area contributed by atoms with Crippen LogP contribution in [0.5, 0.6) is 5.75 Å². The molecule has 2 N–H and O–H groups in total. The molecule has 0 amide bonds. The molecule has 1 saturated carbocycles. The number of methoxy groups -OCH3 is 1. The number of alkyl halides is 1. The van der Waals surface area contributed by atoms with Gasteiger partial charge in [-0.25, -0.2) is 22.3 Å². The highest BCUT2D eigenvalue weighted by Gasteiger charge is 2.30. The van der Waals surface area contributed by atoms with E-state index in [0.29, 0.717) is 11.1 Å². The van der Waals surface area contributed by atoms with Crippen LogP contribution in [0.15, 0.2) is 46.2 Å². The summed E-state index contributed by atoms with van der Waals surface area (Å²) < 4.78 is 49.4. The maximum atomic E-state index is 15.3. The van der Waals surface area contributed by atoms with E-state index in [0.717, 1.165) is 18.9 Å². The first-order valence-corrected chi connectivity index (χ1v) is 12.1. The Bertz CT molecular complexity index is 1420. The van der Waals surface area contributed by atoms with Crippen LogP contribution in [0.25, 0.3) is 22.0 Å². The molecule has 0 atom stereocenters. The second kappa shape index (κ2) is 8.77. The van der Waals surface area contributed by atoms with E-state index in [9.17, 15) is 23.1 Å². The summed E-state index contributed by atoms with van der Waals surface area (Å²) in [4.78, 5) is 24.3. The van der Waals surface area contributed by atoms with Gasteiger partial charge in [0.1, 0.15) is 11.4 Å². The van der Waals surface area contributed by atoms with Gasteiger partial charge in [0, 0.05) is 24.7 Å². The largest absolute Gasteiger partial charge is 0.494 e. The van der Waals surface area contributed by atoms with Crippen LogP contribution in [0.1, 0.15) is 29.2 Å². The van der Waals surface area contributed by atoms with Gasteiger partial charge in [-0.05, 0) is 36.6 Å². The van der Waals surface area contributed by atoms with Gasteiger partial charge < -0.3 is 14.4 Å². The second-order valence-corrected chi connectivity index (χ2v) is 9.73. The fourth-order valence-electron chi connectivity index (χ4n) is 3.77. The minimum absolute atomic E-state index is 0.0162. The molecule has 0 aliphatic heterocycles. The summed E-state index contributed by atoms with van der Waals surface area (Å²) in [6.45, 7) is 0.0653.